The number of nitro groups is 1. The Balaban J connectivity index is 1.69. The van der Waals surface area contributed by atoms with Crippen LogP contribution in [0.15, 0.2) is 36.4 Å². The summed E-state index contributed by atoms with van der Waals surface area (Å²) in [5, 5.41) is 14.5. The molecular weight excluding hydrogens is 354 g/mol. The van der Waals surface area contributed by atoms with Crippen molar-refractivity contribution >= 4 is 28.9 Å². The smallest absolute Gasteiger partial charge is 0.271 e. The van der Waals surface area contributed by atoms with Gasteiger partial charge in [-0.2, -0.15) is 0 Å². The van der Waals surface area contributed by atoms with Crippen LogP contribution in [0.4, 0.5) is 11.4 Å². The molecule has 2 aromatic rings. The summed E-state index contributed by atoms with van der Waals surface area (Å²) < 4.78 is 0. The zero-order valence-electron chi connectivity index (χ0n) is 14.5. The number of aryl methyl sites for hydroxylation is 1. The highest BCUT2D eigenvalue weighted by Crippen LogP contribution is 2.31. The third-order valence-corrected chi connectivity index (χ3v) is 4.79. The number of non-ortho nitro benzene ring substituents is 1. The minimum atomic E-state index is -0.453. The van der Waals surface area contributed by atoms with E-state index in [1.807, 2.05) is 23.1 Å². The van der Waals surface area contributed by atoms with Crippen LogP contribution < -0.4 is 5.32 Å². The minimum Gasteiger partial charge on any atom is -0.380 e. The molecule has 1 N–H and O–H groups in total. The Kier molecular flexibility index (Phi) is 5.42. The van der Waals surface area contributed by atoms with Crippen molar-refractivity contribution in [3.05, 3.63) is 68.2 Å². The van der Waals surface area contributed by atoms with E-state index in [-0.39, 0.29) is 11.6 Å². The summed E-state index contributed by atoms with van der Waals surface area (Å²) in [5.74, 6) is 0.210. The van der Waals surface area contributed by atoms with Gasteiger partial charge in [-0.1, -0.05) is 35.9 Å². The predicted octanol–water partition coefficient (Wildman–Crippen LogP) is 4.29. The predicted molar refractivity (Wildman–Crippen MR) is 101 cm³/mol. The fourth-order valence-corrected chi connectivity index (χ4v) is 3.50. The van der Waals surface area contributed by atoms with Crippen LogP contribution in [0.2, 0.25) is 5.02 Å². The number of carbonyl (C=O) groups excluding carboxylic acids is 1. The largest absolute Gasteiger partial charge is 0.380 e. The summed E-state index contributed by atoms with van der Waals surface area (Å²) in [6.45, 7) is 3.78. The van der Waals surface area contributed by atoms with E-state index >= 15 is 0 Å². The highest BCUT2D eigenvalue weighted by Gasteiger charge is 2.20. The number of hydrogen-bond acceptors (Lipinski definition) is 4. The number of hydrogen-bond donors (Lipinski definition) is 1. The van der Waals surface area contributed by atoms with Crippen molar-refractivity contribution in [3.8, 4) is 0 Å². The van der Waals surface area contributed by atoms with Gasteiger partial charge in [0.05, 0.1) is 15.6 Å². The van der Waals surface area contributed by atoms with Gasteiger partial charge in [-0.15, -0.1) is 0 Å². The maximum Gasteiger partial charge on any atom is 0.271 e. The van der Waals surface area contributed by atoms with Crippen LogP contribution >= 0.6 is 11.6 Å². The number of likely N-dealkylation sites (tertiary alicyclic amines) is 1. The number of amides is 1. The van der Waals surface area contributed by atoms with Gasteiger partial charge in [-0.3, -0.25) is 14.9 Å². The lowest BCUT2D eigenvalue weighted by Gasteiger charge is -2.16. The molecule has 136 valence electrons. The number of rotatable bonds is 6. The summed E-state index contributed by atoms with van der Waals surface area (Å²) >= 11 is 6.19. The van der Waals surface area contributed by atoms with E-state index in [0.717, 1.165) is 29.7 Å². The van der Waals surface area contributed by atoms with E-state index < -0.39 is 4.92 Å². The molecule has 1 saturated heterocycles. The second-order valence-electron chi connectivity index (χ2n) is 6.47. The van der Waals surface area contributed by atoms with Gasteiger partial charge in [0.2, 0.25) is 5.91 Å². The molecule has 0 saturated carbocycles. The summed E-state index contributed by atoms with van der Waals surface area (Å²) in [6, 6.07) is 10.9. The van der Waals surface area contributed by atoms with Crippen molar-refractivity contribution in [1.29, 1.82) is 0 Å². The summed E-state index contributed by atoms with van der Waals surface area (Å²) in [7, 11) is 0. The van der Waals surface area contributed by atoms with Crippen molar-refractivity contribution in [2.24, 2.45) is 0 Å². The average Bonchev–Trinajstić information content (AvgIpc) is 2.99. The molecule has 0 atom stereocenters. The van der Waals surface area contributed by atoms with Crippen molar-refractivity contribution in [2.75, 3.05) is 11.9 Å². The highest BCUT2D eigenvalue weighted by molar-refractivity contribution is 6.33. The van der Waals surface area contributed by atoms with Crippen molar-refractivity contribution in [3.63, 3.8) is 0 Å². The molecule has 1 heterocycles. The second kappa shape index (κ2) is 7.74. The SMILES string of the molecule is Cc1cc([N+](=O)[O-])cc(Cl)c1NCc1cccc(CN2CCCC2=O)c1. The molecule has 7 heteroatoms. The maximum atomic E-state index is 11.8. The molecule has 3 rings (SSSR count). The van der Waals surface area contributed by atoms with Crippen LogP contribution in [0.25, 0.3) is 0 Å². The molecule has 6 nitrogen and oxygen atoms in total. The van der Waals surface area contributed by atoms with Crippen LogP contribution in [0.5, 0.6) is 0 Å². The molecule has 0 bridgehead atoms. The number of carbonyl (C=O) groups is 1. The first-order valence-electron chi connectivity index (χ1n) is 8.48. The Hall–Kier alpha value is -2.60. The summed E-state index contributed by atoms with van der Waals surface area (Å²) in [6.07, 6.45) is 1.57. The molecule has 1 aliphatic rings. The van der Waals surface area contributed by atoms with Crippen LogP contribution in [-0.4, -0.2) is 22.3 Å². The third-order valence-electron chi connectivity index (χ3n) is 4.49. The highest BCUT2D eigenvalue weighted by atomic mass is 35.5. The second-order valence-corrected chi connectivity index (χ2v) is 6.88. The summed E-state index contributed by atoms with van der Waals surface area (Å²) in [5.41, 5.74) is 3.55. The summed E-state index contributed by atoms with van der Waals surface area (Å²) in [4.78, 5) is 24.1. The molecule has 0 aromatic heterocycles. The van der Waals surface area contributed by atoms with E-state index in [1.165, 1.54) is 12.1 Å². The molecule has 0 aliphatic carbocycles. The minimum absolute atomic E-state index is 0.0182. The van der Waals surface area contributed by atoms with Gasteiger partial charge in [-0.05, 0) is 30.0 Å². The van der Waals surface area contributed by atoms with E-state index in [4.69, 9.17) is 11.6 Å². The van der Waals surface area contributed by atoms with E-state index in [1.54, 1.807) is 6.92 Å². The van der Waals surface area contributed by atoms with Gasteiger partial charge in [0.1, 0.15) is 0 Å². The molecule has 1 fully saturated rings. The normalized spacial score (nSPS) is 13.9. The van der Waals surface area contributed by atoms with Gasteiger partial charge in [0.15, 0.2) is 0 Å². The topological polar surface area (TPSA) is 75.5 Å². The number of nitrogens with zero attached hydrogens (tertiary/aromatic N) is 2. The lowest BCUT2D eigenvalue weighted by Crippen LogP contribution is -2.23. The fourth-order valence-electron chi connectivity index (χ4n) is 3.18. The van der Waals surface area contributed by atoms with Crippen LogP contribution in [-0.2, 0) is 17.9 Å². The molecular formula is C19H20ClN3O3. The Bertz CT molecular complexity index is 831. The van der Waals surface area contributed by atoms with Crippen molar-refractivity contribution < 1.29 is 9.72 Å². The number of halogens is 1. The zero-order valence-corrected chi connectivity index (χ0v) is 15.3. The van der Waals surface area contributed by atoms with Crippen molar-refractivity contribution in [2.45, 2.75) is 32.9 Å². The third kappa shape index (κ3) is 4.14. The Morgan fingerprint density at radius 2 is 2.04 bits per heavy atom. The first-order valence-corrected chi connectivity index (χ1v) is 8.86. The molecule has 1 amide bonds. The molecule has 0 radical (unpaired) electrons. The number of nitrogens with one attached hydrogen (secondary N) is 1. The Morgan fingerprint density at radius 3 is 2.69 bits per heavy atom. The first-order chi connectivity index (χ1) is 12.4. The maximum absolute atomic E-state index is 11.8. The van der Waals surface area contributed by atoms with Crippen molar-refractivity contribution in [1.82, 2.24) is 4.90 Å². The van der Waals surface area contributed by atoms with Crippen LogP contribution in [0, 0.1) is 17.0 Å². The van der Waals surface area contributed by atoms with Gasteiger partial charge < -0.3 is 10.2 Å². The number of anilines is 1. The fraction of sp³-hybridized carbons (Fsp3) is 0.316. The van der Waals surface area contributed by atoms with E-state index in [2.05, 4.69) is 11.4 Å². The van der Waals surface area contributed by atoms with E-state index in [0.29, 0.717) is 30.2 Å². The molecule has 1 aliphatic heterocycles. The van der Waals surface area contributed by atoms with Gasteiger partial charge >= 0.3 is 0 Å². The Labute approximate surface area is 156 Å². The lowest BCUT2D eigenvalue weighted by molar-refractivity contribution is -0.384. The Morgan fingerprint density at radius 1 is 1.27 bits per heavy atom. The quantitative estimate of drug-likeness (QED) is 0.605. The van der Waals surface area contributed by atoms with Crippen LogP contribution in [0.1, 0.15) is 29.5 Å². The van der Waals surface area contributed by atoms with Gasteiger partial charge in [0, 0.05) is 38.2 Å². The number of benzene rings is 2. The monoisotopic (exact) mass is 373 g/mol. The molecule has 26 heavy (non-hydrogen) atoms. The lowest BCUT2D eigenvalue weighted by atomic mass is 10.1. The standard InChI is InChI=1S/C19H20ClN3O3/c1-13-8-16(23(25)26)10-17(20)19(13)21-11-14-4-2-5-15(9-14)12-22-7-3-6-18(22)24/h2,4-5,8-10,21H,3,6-7,11-12H2,1H3. The first kappa shape index (κ1) is 18.2. The van der Waals surface area contributed by atoms with E-state index in [9.17, 15) is 14.9 Å². The average molecular weight is 374 g/mol. The zero-order chi connectivity index (χ0) is 18.7. The number of nitro benzene ring substituents is 1. The molecule has 0 spiro atoms. The molecule has 2 aromatic carbocycles. The van der Waals surface area contributed by atoms with Gasteiger partial charge in [0.25, 0.3) is 5.69 Å². The van der Waals surface area contributed by atoms with Gasteiger partial charge in [-0.25, -0.2) is 0 Å². The van der Waals surface area contributed by atoms with Crippen LogP contribution in [0.3, 0.4) is 0 Å². The molecule has 0 unspecified atom stereocenters.